The summed E-state index contributed by atoms with van der Waals surface area (Å²) in [5, 5.41) is 11.7. The Balaban J connectivity index is 1.51. The van der Waals surface area contributed by atoms with Crippen molar-refractivity contribution in [1.82, 2.24) is 26.2 Å². The summed E-state index contributed by atoms with van der Waals surface area (Å²) in [7, 11) is 0. The topological polar surface area (TPSA) is 158 Å². The molecule has 2 aliphatic heterocycles. The van der Waals surface area contributed by atoms with Crippen LogP contribution in [0.5, 0.6) is 0 Å². The van der Waals surface area contributed by atoms with Gasteiger partial charge in [0.1, 0.15) is 23.7 Å². The van der Waals surface area contributed by atoms with Crippen molar-refractivity contribution in [2.75, 3.05) is 39.5 Å². The zero-order valence-corrected chi connectivity index (χ0v) is 31.3. The van der Waals surface area contributed by atoms with Crippen molar-refractivity contribution in [1.29, 1.82) is 0 Å². The summed E-state index contributed by atoms with van der Waals surface area (Å²) in [5.74, 6) is -1.83. The molecule has 2 aromatic rings. The number of nitrogens with one attached hydrogen (secondary N) is 4. The van der Waals surface area contributed by atoms with Crippen LogP contribution in [0.25, 0.3) is 0 Å². The van der Waals surface area contributed by atoms with Crippen molar-refractivity contribution in [2.45, 2.75) is 96.5 Å². The van der Waals surface area contributed by atoms with Crippen LogP contribution in [-0.2, 0) is 46.3 Å². The zero-order valence-electron chi connectivity index (χ0n) is 31.3. The average molecular weight is 720 g/mol. The third-order valence-corrected chi connectivity index (χ3v) is 9.38. The fraction of sp³-hybridized carbons (Fsp3) is 0.575. The molecule has 2 fully saturated rings. The summed E-state index contributed by atoms with van der Waals surface area (Å²) < 4.78 is 10.8. The first-order valence-corrected chi connectivity index (χ1v) is 18.6. The lowest BCUT2D eigenvalue weighted by atomic mass is 9.93. The molecule has 0 saturated carbocycles. The van der Waals surface area contributed by atoms with Gasteiger partial charge in [0.25, 0.3) is 0 Å². The highest BCUT2D eigenvalue weighted by Crippen LogP contribution is 2.29. The first-order chi connectivity index (χ1) is 24.8. The van der Waals surface area contributed by atoms with E-state index < -0.39 is 47.5 Å². The number of nitrogens with zero attached hydrogens (tertiary/aromatic N) is 1. The summed E-state index contributed by atoms with van der Waals surface area (Å²) in [6.07, 6.45) is 1.76. The maximum atomic E-state index is 14.1. The van der Waals surface area contributed by atoms with Gasteiger partial charge in [0.2, 0.25) is 23.6 Å². The summed E-state index contributed by atoms with van der Waals surface area (Å²) >= 11 is 0. The molecule has 0 aromatic heterocycles. The minimum atomic E-state index is -1.03. The molecule has 52 heavy (non-hydrogen) atoms. The molecule has 284 valence electrons. The lowest BCUT2D eigenvalue weighted by Crippen LogP contribution is -2.59. The van der Waals surface area contributed by atoms with E-state index in [9.17, 15) is 24.0 Å². The number of epoxide rings is 1. The van der Waals surface area contributed by atoms with Gasteiger partial charge in [0, 0.05) is 19.5 Å². The Labute approximate surface area is 308 Å². The van der Waals surface area contributed by atoms with E-state index >= 15 is 0 Å². The predicted octanol–water partition coefficient (Wildman–Crippen LogP) is 2.58. The van der Waals surface area contributed by atoms with Crippen LogP contribution in [0.1, 0.15) is 65.0 Å². The lowest BCUT2D eigenvalue weighted by molar-refractivity contribution is -0.135. The molecule has 2 aromatic carbocycles. The summed E-state index contributed by atoms with van der Waals surface area (Å²) in [6, 6.07) is 15.3. The standard InChI is InChI=1S/C40H57N5O7/c1-27(2)22-32(36(47)40(5)26-52-40)42-39(50)34(24-30-14-10-7-11-15-30)44-38(49)33(23-28(3)4)43-37(48)31(17-16-29-12-8-6-9-13-29)41-35(46)25-45-18-20-51-21-19-45/h6-15,27-28,31-34H,16-26H2,1-5H3,(H,41,46)(H,42,50)(H,43,48)(H,44,49)/t31-,32+,33-,34+,40+/m1/s1. The summed E-state index contributed by atoms with van der Waals surface area (Å²) in [5.41, 5.74) is 0.915. The number of benzene rings is 2. The van der Waals surface area contributed by atoms with E-state index in [1.165, 1.54) is 0 Å². The minimum Gasteiger partial charge on any atom is -0.379 e. The Morgan fingerprint density at radius 2 is 1.19 bits per heavy atom. The Bertz CT molecular complexity index is 1480. The number of aryl methyl sites for hydroxylation is 1. The zero-order chi connectivity index (χ0) is 37.7. The van der Waals surface area contributed by atoms with E-state index in [-0.39, 0.29) is 36.5 Å². The van der Waals surface area contributed by atoms with Gasteiger partial charge in [-0.15, -0.1) is 0 Å². The van der Waals surface area contributed by atoms with Gasteiger partial charge in [-0.25, -0.2) is 0 Å². The second-order valence-electron chi connectivity index (χ2n) is 15.0. The van der Waals surface area contributed by atoms with Gasteiger partial charge in [-0.3, -0.25) is 28.9 Å². The number of Topliss-reactive ketones (excluding diaryl/α,β-unsaturated/α-hetero) is 1. The largest absolute Gasteiger partial charge is 0.379 e. The monoisotopic (exact) mass is 719 g/mol. The van der Waals surface area contributed by atoms with Crippen LogP contribution in [0.4, 0.5) is 0 Å². The Hall–Kier alpha value is -4.13. The van der Waals surface area contributed by atoms with Crippen molar-refractivity contribution >= 4 is 29.4 Å². The van der Waals surface area contributed by atoms with E-state index in [1.807, 2.05) is 93.3 Å². The van der Waals surface area contributed by atoms with E-state index in [0.717, 1.165) is 11.1 Å². The SMILES string of the molecule is CC(C)C[C@H](NC(=O)[C@H](Cc1ccccc1)NC(=O)[C@@H](CC(C)C)NC(=O)[C@@H](CCc1ccccc1)NC(=O)CN1CCOCC1)C(=O)[C@]1(C)CO1. The number of hydrogen-bond donors (Lipinski definition) is 4. The van der Waals surface area contributed by atoms with Gasteiger partial charge in [-0.05, 0) is 55.6 Å². The molecule has 2 aliphatic rings. The van der Waals surface area contributed by atoms with Crippen LogP contribution in [0.15, 0.2) is 60.7 Å². The molecular formula is C40H57N5O7. The number of carbonyl (C=O) groups excluding carboxylic acids is 5. The number of morpholine rings is 1. The first kappa shape index (κ1) is 40.6. The molecule has 12 nitrogen and oxygen atoms in total. The van der Waals surface area contributed by atoms with Gasteiger partial charge in [-0.1, -0.05) is 88.4 Å². The highest BCUT2D eigenvalue weighted by molar-refractivity contribution is 5.98. The molecule has 0 radical (unpaired) electrons. The second-order valence-corrected chi connectivity index (χ2v) is 15.0. The Morgan fingerprint density at radius 3 is 1.77 bits per heavy atom. The summed E-state index contributed by atoms with van der Waals surface area (Å²) in [4.78, 5) is 70.5. The van der Waals surface area contributed by atoms with Crippen molar-refractivity contribution in [3.8, 4) is 0 Å². The summed E-state index contributed by atoms with van der Waals surface area (Å²) in [6.45, 7) is 12.3. The molecule has 4 N–H and O–H groups in total. The molecular weight excluding hydrogens is 662 g/mol. The normalized spacial score (nSPS) is 19.6. The first-order valence-electron chi connectivity index (χ1n) is 18.6. The average Bonchev–Trinajstić information content (AvgIpc) is 3.87. The number of ketones is 1. The van der Waals surface area contributed by atoms with Crippen LogP contribution >= 0.6 is 0 Å². The van der Waals surface area contributed by atoms with E-state index in [0.29, 0.717) is 58.6 Å². The highest BCUT2D eigenvalue weighted by atomic mass is 16.6. The molecule has 4 rings (SSSR count). The third kappa shape index (κ3) is 13.1. The van der Waals surface area contributed by atoms with E-state index in [1.54, 1.807) is 6.92 Å². The molecule has 12 heteroatoms. The van der Waals surface area contributed by atoms with Crippen molar-refractivity contribution in [3.05, 3.63) is 71.8 Å². The van der Waals surface area contributed by atoms with Gasteiger partial charge < -0.3 is 30.7 Å². The van der Waals surface area contributed by atoms with Crippen LogP contribution in [0.2, 0.25) is 0 Å². The minimum absolute atomic E-state index is 0.0171. The predicted molar refractivity (Wildman–Crippen MR) is 198 cm³/mol. The maximum Gasteiger partial charge on any atom is 0.243 e. The molecule has 0 bridgehead atoms. The van der Waals surface area contributed by atoms with Crippen LogP contribution in [-0.4, -0.2) is 104 Å². The quantitative estimate of drug-likeness (QED) is 0.152. The van der Waals surface area contributed by atoms with Crippen LogP contribution < -0.4 is 21.3 Å². The van der Waals surface area contributed by atoms with E-state index in [4.69, 9.17) is 9.47 Å². The third-order valence-electron chi connectivity index (χ3n) is 9.38. The smallest absolute Gasteiger partial charge is 0.243 e. The van der Waals surface area contributed by atoms with Gasteiger partial charge in [-0.2, -0.15) is 0 Å². The molecule has 5 atom stereocenters. The van der Waals surface area contributed by atoms with E-state index in [2.05, 4.69) is 21.3 Å². The number of carbonyl (C=O) groups is 5. The van der Waals surface area contributed by atoms with Crippen LogP contribution in [0.3, 0.4) is 0 Å². The number of amides is 4. The van der Waals surface area contributed by atoms with Crippen molar-refractivity contribution in [3.63, 3.8) is 0 Å². The molecule has 2 heterocycles. The molecule has 0 aliphatic carbocycles. The number of ether oxygens (including phenoxy) is 2. The van der Waals surface area contributed by atoms with Crippen molar-refractivity contribution < 1.29 is 33.4 Å². The second kappa shape index (κ2) is 19.6. The maximum absolute atomic E-state index is 14.1. The molecule has 4 amide bonds. The Kier molecular flexibility index (Phi) is 15.3. The molecule has 2 saturated heterocycles. The van der Waals surface area contributed by atoms with Crippen molar-refractivity contribution in [2.24, 2.45) is 11.8 Å². The fourth-order valence-corrected chi connectivity index (χ4v) is 6.33. The highest BCUT2D eigenvalue weighted by Gasteiger charge is 2.50. The van der Waals surface area contributed by atoms with Gasteiger partial charge in [0.15, 0.2) is 5.78 Å². The van der Waals surface area contributed by atoms with Gasteiger partial charge in [0.05, 0.1) is 32.4 Å². The van der Waals surface area contributed by atoms with Gasteiger partial charge >= 0.3 is 0 Å². The van der Waals surface area contributed by atoms with Crippen LogP contribution in [0, 0.1) is 11.8 Å². The number of hydrogen-bond acceptors (Lipinski definition) is 8. The fourth-order valence-electron chi connectivity index (χ4n) is 6.33. The Morgan fingerprint density at radius 1 is 0.692 bits per heavy atom. The lowest BCUT2D eigenvalue weighted by Gasteiger charge is -2.29. The number of rotatable bonds is 20. The molecule has 0 spiro atoms. The molecule has 0 unspecified atom stereocenters.